The molecule has 0 bridgehead atoms. The third kappa shape index (κ3) is 5.48. The Morgan fingerprint density at radius 3 is 2.67 bits per heavy atom. The van der Waals surface area contributed by atoms with Crippen LogP contribution in [0.2, 0.25) is 5.02 Å². The Morgan fingerprint density at radius 1 is 1.17 bits per heavy atom. The molecule has 2 fully saturated rings. The lowest BCUT2D eigenvalue weighted by atomic mass is 9.71. The molecule has 3 aromatic rings. The van der Waals surface area contributed by atoms with Crippen LogP contribution in [0.5, 0.6) is 0 Å². The van der Waals surface area contributed by atoms with Crippen molar-refractivity contribution in [3.05, 3.63) is 63.4 Å². The molecule has 1 saturated heterocycles. The van der Waals surface area contributed by atoms with E-state index in [1.165, 1.54) is 10.1 Å². The summed E-state index contributed by atoms with van der Waals surface area (Å²) in [5.74, 6) is 1.35. The monoisotopic (exact) mass is 508 g/mol. The molecule has 7 nitrogen and oxygen atoms in total. The number of nitrogens with zero attached hydrogens (tertiary/aromatic N) is 3. The molecule has 2 aliphatic rings. The lowest BCUT2D eigenvalue weighted by Gasteiger charge is -2.40. The third-order valence-corrected chi connectivity index (χ3v) is 7.37. The van der Waals surface area contributed by atoms with Crippen LogP contribution in [0, 0.1) is 5.92 Å². The predicted molar refractivity (Wildman–Crippen MR) is 142 cm³/mol. The number of rotatable bonds is 7. The third-order valence-electron chi connectivity index (χ3n) is 7.14. The minimum absolute atomic E-state index is 0.0214. The van der Waals surface area contributed by atoms with Gasteiger partial charge in [-0.2, -0.15) is 0 Å². The molecule has 1 aliphatic heterocycles. The number of nitrogens with one attached hydrogen (secondary N) is 1. The van der Waals surface area contributed by atoms with Crippen LogP contribution in [0.15, 0.2) is 47.3 Å². The maximum atomic E-state index is 13.7. The van der Waals surface area contributed by atoms with Crippen LogP contribution < -0.4 is 10.9 Å². The predicted octanol–water partition coefficient (Wildman–Crippen LogP) is 4.07. The second kappa shape index (κ2) is 10.7. The van der Waals surface area contributed by atoms with Crippen molar-refractivity contribution in [2.24, 2.45) is 5.92 Å². The van der Waals surface area contributed by atoms with E-state index in [4.69, 9.17) is 21.3 Å². The number of carbonyl (C=O) groups excluding carboxylic acids is 1. The van der Waals surface area contributed by atoms with Gasteiger partial charge in [0.15, 0.2) is 0 Å². The van der Waals surface area contributed by atoms with Gasteiger partial charge < -0.3 is 10.1 Å². The first-order valence-corrected chi connectivity index (χ1v) is 13.1. The summed E-state index contributed by atoms with van der Waals surface area (Å²) in [7, 11) is 0. The molecule has 1 saturated carbocycles. The first kappa shape index (κ1) is 24.9. The van der Waals surface area contributed by atoms with Crippen LogP contribution in [0.25, 0.3) is 22.3 Å². The van der Waals surface area contributed by atoms with E-state index in [9.17, 15) is 9.59 Å². The summed E-state index contributed by atoms with van der Waals surface area (Å²) in [6.45, 7) is 8.50. The summed E-state index contributed by atoms with van der Waals surface area (Å²) in [4.78, 5) is 33.7. The normalized spacial score (nSPS) is 20.4. The van der Waals surface area contributed by atoms with Gasteiger partial charge in [0.1, 0.15) is 12.4 Å². The Balaban J connectivity index is 1.44. The number of carbonyl (C=O) groups is 1. The molecule has 0 unspecified atom stereocenters. The van der Waals surface area contributed by atoms with Crippen molar-refractivity contribution >= 4 is 28.4 Å². The highest BCUT2D eigenvalue weighted by Gasteiger charge is 2.32. The van der Waals surface area contributed by atoms with Gasteiger partial charge in [0.05, 0.1) is 24.1 Å². The van der Waals surface area contributed by atoms with Gasteiger partial charge in [-0.1, -0.05) is 29.8 Å². The average Bonchev–Trinajstić information content (AvgIpc) is 2.83. The minimum atomic E-state index is -0.224. The Labute approximate surface area is 216 Å². The molecule has 2 aromatic carbocycles. The zero-order chi connectivity index (χ0) is 25.2. The number of aromatic nitrogens is 2. The summed E-state index contributed by atoms with van der Waals surface area (Å²) in [6, 6.07) is 13.2. The highest BCUT2D eigenvalue weighted by molar-refractivity contribution is 6.30. The van der Waals surface area contributed by atoms with Crippen LogP contribution >= 0.6 is 11.6 Å². The van der Waals surface area contributed by atoms with Gasteiger partial charge in [0, 0.05) is 36.3 Å². The van der Waals surface area contributed by atoms with Gasteiger partial charge >= 0.3 is 0 Å². The van der Waals surface area contributed by atoms with E-state index in [2.05, 4.69) is 16.3 Å². The smallest absolute Gasteiger partial charge is 0.262 e. The first-order chi connectivity index (χ1) is 17.4. The first-order valence-electron chi connectivity index (χ1n) is 12.8. The molecule has 1 aromatic heterocycles. The van der Waals surface area contributed by atoms with E-state index >= 15 is 0 Å². The summed E-state index contributed by atoms with van der Waals surface area (Å²) >= 11 is 6.23. The fourth-order valence-electron chi connectivity index (χ4n) is 5.30. The number of benzene rings is 2. The number of amides is 1. The van der Waals surface area contributed by atoms with Crippen LogP contribution in [-0.4, -0.2) is 59.2 Å². The average molecular weight is 509 g/mol. The van der Waals surface area contributed by atoms with Crippen molar-refractivity contribution < 1.29 is 9.53 Å². The molecule has 1 aliphatic carbocycles. The van der Waals surface area contributed by atoms with Crippen molar-refractivity contribution in [1.29, 1.82) is 0 Å². The van der Waals surface area contributed by atoms with Crippen molar-refractivity contribution in [3.63, 3.8) is 0 Å². The zero-order valence-corrected chi connectivity index (χ0v) is 21.6. The summed E-state index contributed by atoms with van der Waals surface area (Å²) < 4.78 is 6.93. The van der Waals surface area contributed by atoms with Crippen LogP contribution in [-0.2, 0) is 16.1 Å². The van der Waals surface area contributed by atoms with E-state index in [-0.39, 0.29) is 24.1 Å². The van der Waals surface area contributed by atoms with Gasteiger partial charge in [-0.25, -0.2) is 4.98 Å². The zero-order valence-electron chi connectivity index (χ0n) is 20.9. The van der Waals surface area contributed by atoms with Crippen molar-refractivity contribution in [2.45, 2.75) is 45.2 Å². The minimum Gasteiger partial charge on any atom is -0.379 e. The van der Waals surface area contributed by atoms with E-state index < -0.39 is 0 Å². The lowest BCUT2D eigenvalue weighted by Crippen LogP contribution is -2.42. The maximum absolute atomic E-state index is 13.7. The molecule has 1 N–H and O–H groups in total. The fraction of sp³-hybridized carbons (Fsp3) is 0.464. The highest BCUT2D eigenvalue weighted by Crippen LogP contribution is 2.42. The molecule has 1 amide bonds. The Morgan fingerprint density at radius 2 is 1.94 bits per heavy atom. The van der Waals surface area contributed by atoms with Gasteiger partial charge in [-0.15, -0.1) is 0 Å². The summed E-state index contributed by atoms with van der Waals surface area (Å²) in [5, 5.41) is 3.97. The maximum Gasteiger partial charge on any atom is 0.262 e. The number of halogens is 1. The molecule has 0 spiro atoms. The second-order valence-electron chi connectivity index (χ2n) is 10.3. The number of morpholine rings is 1. The number of fused-ring (bicyclic) bond motifs is 1. The van der Waals surface area contributed by atoms with E-state index in [1.54, 1.807) is 12.1 Å². The molecule has 8 heteroatoms. The van der Waals surface area contributed by atoms with E-state index in [1.807, 2.05) is 38.1 Å². The molecule has 0 radical (unpaired) electrons. The molecule has 5 rings (SSSR count). The van der Waals surface area contributed by atoms with Crippen molar-refractivity contribution in [1.82, 2.24) is 19.8 Å². The fourth-order valence-corrected chi connectivity index (χ4v) is 5.49. The van der Waals surface area contributed by atoms with Crippen LogP contribution in [0.3, 0.4) is 0 Å². The highest BCUT2D eigenvalue weighted by atomic mass is 35.5. The van der Waals surface area contributed by atoms with Crippen LogP contribution in [0.1, 0.15) is 38.2 Å². The SMILES string of the molecule is CC(C)NC(=O)Cn1c(-c2cccc(Cl)c2)nc2ccc(C3CC(CN4CCOCC4)C3)cc2c1=O. The van der Waals surface area contributed by atoms with Gasteiger partial charge in [0.25, 0.3) is 5.56 Å². The largest absolute Gasteiger partial charge is 0.379 e. The molecule has 2 heterocycles. The molecule has 0 atom stereocenters. The summed E-state index contributed by atoms with van der Waals surface area (Å²) in [5.41, 5.74) is 2.30. The molecule has 190 valence electrons. The van der Waals surface area contributed by atoms with E-state index in [0.29, 0.717) is 39.1 Å². The Bertz CT molecular complexity index is 1310. The summed E-state index contributed by atoms with van der Waals surface area (Å²) in [6.07, 6.45) is 2.25. The quantitative estimate of drug-likeness (QED) is 0.520. The van der Waals surface area contributed by atoms with Gasteiger partial charge in [-0.05, 0) is 68.4 Å². The second-order valence-corrected chi connectivity index (χ2v) is 10.7. The van der Waals surface area contributed by atoms with Crippen molar-refractivity contribution in [2.75, 3.05) is 32.8 Å². The van der Waals surface area contributed by atoms with Crippen LogP contribution in [0.4, 0.5) is 0 Å². The molecular weight excluding hydrogens is 476 g/mol. The molecular formula is C28H33ClN4O3. The van der Waals surface area contributed by atoms with Gasteiger partial charge in [-0.3, -0.25) is 19.1 Å². The molecule has 36 heavy (non-hydrogen) atoms. The number of ether oxygens (including phenoxy) is 1. The lowest BCUT2D eigenvalue weighted by molar-refractivity contribution is -0.122. The number of hydrogen-bond acceptors (Lipinski definition) is 5. The topological polar surface area (TPSA) is 76.5 Å². The van der Waals surface area contributed by atoms with Gasteiger partial charge in [0.2, 0.25) is 5.91 Å². The Hall–Kier alpha value is -2.74. The van der Waals surface area contributed by atoms with E-state index in [0.717, 1.165) is 45.7 Å². The van der Waals surface area contributed by atoms with Crippen molar-refractivity contribution in [3.8, 4) is 11.4 Å². The Kier molecular flexibility index (Phi) is 7.42. The number of hydrogen-bond donors (Lipinski definition) is 1. The standard InChI is InChI=1S/C28H33ClN4O3/c1-18(2)30-26(34)17-33-27(21-4-3-5-23(29)14-21)31-25-7-6-20(15-24(25)28(33)35)22-12-19(13-22)16-32-8-10-36-11-9-32/h3-7,14-15,18-19,22H,8-13,16-17H2,1-2H3,(H,30,34).